The second-order valence-electron chi connectivity index (χ2n) is 3.59. The number of carbonyl (C=O) groups is 3. The molecule has 0 atom stereocenters. The normalized spacial score (nSPS) is 9.50. The molecule has 1 aromatic carbocycles. The van der Waals surface area contributed by atoms with E-state index >= 15 is 0 Å². The standard InChI is InChI=1S/C12H13BrN2O5/c1-19-12(18)6-10(16)14-15-11(17)7-20-9-4-2-8(13)3-5-9/h2-5H,6-7H2,1H3,(H,14,16)(H,15,17). The molecule has 0 spiro atoms. The number of hydrogen-bond acceptors (Lipinski definition) is 5. The van der Waals surface area contributed by atoms with E-state index < -0.39 is 24.2 Å². The second-order valence-corrected chi connectivity index (χ2v) is 4.51. The number of halogens is 1. The first-order chi connectivity index (χ1) is 9.51. The van der Waals surface area contributed by atoms with Crippen molar-refractivity contribution in [3.63, 3.8) is 0 Å². The zero-order valence-electron chi connectivity index (χ0n) is 10.6. The minimum atomic E-state index is -0.692. The number of hydrogen-bond donors (Lipinski definition) is 2. The Bertz CT molecular complexity index is 489. The Kier molecular flexibility index (Phi) is 6.51. The zero-order chi connectivity index (χ0) is 15.0. The van der Waals surface area contributed by atoms with Gasteiger partial charge in [-0.3, -0.25) is 25.2 Å². The van der Waals surface area contributed by atoms with Crippen LogP contribution in [-0.4, -0.2) is 31.5 Å². The molecule has 1 aromatic rings. The molecule has 1 rings (SSSR count). The Morgan fingerprint density at radius 1 is 1.10 bits per heavy atom. The molecule has 0 aliphatic carbocycles. The van der Waals surface area contributed by atoms with E-state index in [2.05, 4.69) is 31.5 Å². The highest BCUT2D eigenvalue weighted by atomic mass is 79.9. The number of rotatable bonds is 5. The SMILES string of the molecule is COC(=O)CC(=O)NNC(=O)COc1ccc(Br)cc1. The lowest BCUT2D eigenvalue weighted by molar-refractivity contribution is -0.144. The van der Waals surface area contributed by atoms with E-state index in [4.69, 9.17) is 4.74 Å². The minimum absolute atomic E-state index is 0.264. The van der Waals surface area contributed by atoms with Gasteiger partial charge in [0, 0.05) is 4.47 Å². The van der Waals surface area contributed by atoms with Gasteiger partial charge in [-0.15, -0.1) is 0 Å². The quantitative estimate of drug-likeness (QED) is 0.462. The Hall–Kier alpha value is -2.09. The molecule has 0 unspecified atom stereocenters. The van der Waals surface area contributed by atoms with Crippen LogP contribution in [0.2, 0.25) is 0 Å². The van der Waals surface area contributed by atoms with Gasteiger partial charge in [-0.1, -0.05) is 15.9 Å². The van der Waals surface area contributed by atoms with Gasteiger partial charge in [-0.25, -0.2) is 0 Å². The van der Waals surface area contributed by atoms with Crippen LogP contribution in [-0.2, 0) is 19.1 Å². The highest BCUT2D eigenvalue weighted by molar-refractivity contribution is 9.10. The summed E-state index contributed by atoms with van der Waals surface area (Å²) in [6.07, 6.45) is -0.468. The molecule has 0 saturated carbocycles. The maximum atomic E-state index is 11.4. The first-order valence-electron chi connectivity index (χ1n) is 5.54. The van der Waals surface area contributed by atoms with E-state index in [-0.39, 0.29) is 6.61 Å². The molecule has 7 nitrogen and oxygen atoms in total. The summed E-state index contributed by atoms with van der Waals surface area (Å²) >= 11 is 3.27. The Morgan fingerprint density at radius 3 is 2.30 bits per heavy atom. The van der Waals surface area contributed by atoms with Crippen molar-refractivity contribution in [3.05, 3.63) is 28.7 Å². The molecule has 0 saturated heterocycles. The summed E-state index contributed by atoms with van der Waals surface area (Å²) in [5.74, 6) is -1.40. The number of amides is 2. The second kappa shape index (κ2) is 8.16. The van der Waals surface area contributed by atoms with Gasteiger partial charge in [-0.2, -0.15) is 0 Å². The molecule has 108 valence electrons. The van der Waals surface area contributed by atoms with Gasteiger partial charge < -0.3 is 9.47 Å². The molecule has 20 heavy (non-hydrogen) atoms. The molecule has 2 amide bonds. The van der Waals surface area contributed by atoms with Crippen molar-refractivity contribution >= 4 is 33.7 Å². The fourth-order valence-electron chi connectivity index (χ4n) is 1.10. The highest BCUT2D eigenvalue weighted by Gasteiger charge is 2.10. The molecule has 0 fully saturated rings. The first kappa shape index (κ1) is 16.0. The van der Waals surface area contributed by atoms with Crippen molar-refractivity contribution in [1.29, 1.82) is 0 Å². The Balaban J connectivity index is 2.25. The number of hydrazine groups is 1. The molecule has 0 heterocycles. The van der Waals surface area contributed by atoms with Crippen LogP contribution in [0.15, 0.2) is 28.7 Å². The van der Waals surface area contributed by atoms with Crippen LogP contribution in [0.1, 0.15) is 6.42 Å². The summed E-state index contributed by atoms with van der Waals surface area (Å²) in [5.41, 5.74) is 4.18. The van der Waals surface area contributed by atoms with Crippen molar-refractivity contribution in [3.8, 4) is 5.75 Å². The maximum Gasteiger partial charge on any atom is 0.315 e. The molecular weight excluding hydrogens is 332 g/mol. The van der Waals surface area contributed by atoms with Gasteiger partial charge in [0.1, 0.15) is 12.2 Å². The lowest BCUT2D eigenvalue weighted by Gasteiger charge is -2.08. The number of benzene rings is 1. The Morgan fingerprint density at radius 2 is 1.70 bits per heavy atom. The molecule has 8 heteroatoms. The third-order valence-electron chi connectivity index (χ3n) is 2.06. The van der Waals surface area contributed by atoms with Crippen molar-refractivity contribution in [2.45, 2.75) is 6.42 Å². The van der Waals surface area contributed by atoms with Gasteiger partial charge in [0.25, 0.3) is 5.91 Å². The van der Waals surface area contributed by atoms with E-state index in [0.717, 1.165) is 4.47 Å². The molecule has 0 aromatic heterocycles. The smallest absolute Gasteiger partial charge is 0.315 e. The molecule has 0 radical (unpaired) electrons. The van der Waals surface area contributed by atoms with E-state index in [1.165, 1.54) is 7.11 Å². The number of methoxy groups -OCH3 is 1. The average Bonchev–Trinajstić information content (AvgIpc) is 2.44. The fraction of sp³-hybridized carbons (Fsp3) is 0.250. The molecule has 2 N–H and O–H groups in total. The lowest BCUT2D eigenvalue weighted by atomic mass is 10.3. The monoisotopic (exact) mass is 344 g/mol. The van der Waals surface area contributed by atoms with Crippen LogP contribution < -0.4 is 15.6 Å². The van der Waals surface area contributed by atoms with Gasteiger partial charge >= 0.3 is 5.97 Å². The van der Waals surface area contributed by atoms with Crippen molar-refractivity contribution in [2.24, 2.45) is 0 Å². The number of ether oxygens (including phenoxy) is 2. The topological polar surface area (TPSA) is 93.7 Å². The van der Waals surface area contributed by atoms with Crippen molar-refractivity contribution < 1.29 is 23.9 Å². The lowest BCUT2D eigenvalue weighted by Crippen LogP contribution is -2.44. The summed E-state index contributed by atoms with van der Waals surface area (Å²) in [6, 6.07) is 6.91. The van der Waals surface area contributed by atoms with Crippen LogP contribution in [0.3, 0.4) is 0 Å². The summed E-state index contributed by atoms with van der Waals surface area (Å²) in [7, 11) is 1.17. The predicted molar refractivity (Wildman–Crippen MR) is 72.6 cm³/mol. The third-order valence-corrected chi connectivity index (χ3v) is 2.59. The van der Waals surface area contributed by atoms with Gasteiger partial charge in [0.15, 0.2) is 6.61 Å². The van der Waals surface area contributed by atoms with E-state index in [1.807, 2.05) is 0 Å². The molecular formula is C12H13BrN2O5. The van der Waals surface area contributed by atoms with Crippen LogP contribution in [0, 0.1) is 0 Å². The van der Waals surface area contributed by atoms with Gasteiger partial charge in [-0.05, 0) is 24.3 Å². The average molecular weight is 345 g/mol. The summed E-state index contributed by atoms with van der Waals surface area (Å²) in [6.45, 7) is -0.264. The molecule has 0 aliphatic rings. The molecule has 0 aliphatic heterocycles. The predicted octanol–water partition coefficient (Wildman–Crippen LogP) is 0.538. The number of nitrogens with one attached hydrogen (secondary N) is 2. The van der Waals surface area contributed by atoms with E-state index in [0.29, 0.717) is 5.75 Å². The van der Waals surface area contributed by atoms with Crippen LogP contribution in [0.25, 0.3) is 0 Å². The number of esters is 1. The Labute approximate surface area is 123 Å². The van der Waals surface area contributed by atoms with Crippen LogP contribution >= 0.6 is 15.9 Å². The van der Waals surface area contributed by atoms with Gasteiger partial charge in [0.05, 0.1) is 7.11 Å². The van der Waals surface area contributed by atoms with Crippen LogP contribution in [0.4, 0.5) is 0 Å². The minimum Gasteiger partial charge on any atom is -0.484 e. The number of carbonyl (C=O) groups excluding carboxylic acids is 3. The summed E-state index contributed by atoms with van der Waals surface area (Å²) in [5, 5.41) is 0. The van der Waals surface area contributed by atoms with E-state index in [9.17, 15) is 14.4 Å². The van der Waals surface area contributed by atoms with E-state index in [1.54, 1.807) is 24.3 Å². The molecule has 0 bridgehead atoms. The highest BCUT2D eigenvalue weighted by Crippen LogP contribution is 2.15. The van der Waals surface area contributed by atoms with Crippen molar-refractivity contribution in [2.75, 3.05) is 13.7 Å². The fourth-order valence-corrected chi connectivity index (χ4v) is 1.37. The largest absolute Gasteiger partial charge is 0.484 e. The summed E-state index contributed by atoms with van der Waals surface area (Å²) < 4.78 is 10.4. The first-order valence-corrected chi connectivity index (χ1v) is 6.33. The van der Waals surface area contributed by atoms with Gasteiger partial charge in [0.2, 0.25) is 5.91 Å². The third kappa shape index (κ3) is 6.19. The summed E-state index contributed by atoms with van der Waals surface area (Å²) in [4.78, 5) is 33.3. The maximum absolute atomic E-state index is 11.4. The van der Waals surface area contributed by atoms with Crippen LogP contribution in [0.5, 0.6) is 5.75 Å². The van der Waals surface area contributed by atoms with Crippen molar-refractivity contribution in [1.82, 2.24) is 10.9 Å². The zero-order valence-corrected chi connectivity index (χ0v) is 12.2.